The molecular weight excluding hydrogens is 114 g/mol. The van der Waals surface area contributed by atoms with E-state index >= 15 is 0 Å². The molecule has 9 heavy (non-hydrogen) atoms. The van der Waals surface area contributed by atoms with Crippen LogP contribution in [0.3, 0.4) is 0 Å². The lowest BCUT2D eigenvalue weighted by Crippen LogP contribution is -1.85. The first kappa shape index (κ1) is 5.95. The number of aromatic hydroxyl groups is 1. The average molecular weight is 122 g/mol. The Morgan fingerprint density at radius 3 is 2.89 bits per heavy atom. The number of phenolic OH excluding ortho intramolecular Hbond substituents is 1. The van der Waals surface area contributed by atoms with Gasteiger partial charge < -0.3 is 10.4 Å². The highest BCUT2D eigenvalue weighted by Gasteiger charge is 1.87. The quantitative estimate of drug-likeness (QED) is 0.587. The second-order valence-electron chi connectivity index (χ2n) is 1.71. The minimum atomic E-state index is 0.262. The number of phenols is 1. The van der Waals surface area contributed by atoms with Crippen LogP contribution >= 0.6 is 0 Å². The number of anilines is 1. The van der Waals surface area contributed by atoms with Crippen molar-refractivity contribution in [1.29, 1.82) is 0 Å². The molecule has 0 fully saturated rings. The molecule has 1 rings (SSSR count). The molecule has 2 nitrogen and oxygen atoms in total. The van der Waals surface area contributed by atoms with Crippen molar-refractivity contribution in [2.45, 2.75) is 0 Å². The van der Waals surface area contributed by atoms with E-state index in [2.05, 4.69) is 11.4 Å². The number of hydrogen-bond acceptors (Lipinski definition) is 2. The Morgan fingerprint density at radius 1 is 1.67 bits per heavy atom. The van der Waals surface area contributed by atoms with E-state index in [0.717, 1.165) is 5.69 Å². The maximum atomic E-state index is 8.88. The van der Waals surface area contributed by atoms with E-state index < -0.39 is 0 Å². The van der Waals surface area contributed by atoms with Crippen molar-refractivity contribution in [3.05, 3.63) is 24.3 Å². The van der Waals surface area contributed by atoms with Crippen molar-refractivity contribution in [3.8, 4) is 5.75 Å². The molecule has 1 radical (unpaired) electrons. The third-order valence-corrected chi connectivity index (χ3v) is 1.05. The Labute approximate surface area is 54.1 Å². The Kier molecular flexibility index (Phi) is 1.58. The number of rotatable bonds is 1. The van der Waals surface area contributed by atoms with Crippen LogP contribution in [0.25, 0.3) is 0 Å². The minimum Gasteiger partial charge on any atom is -0.508 e. The van der Waals surface area contributed by atoms with E-state index in [9.17, 15) is 0 Å². The molecule has 1 aromatic rings. The predicted octanol–water partition coefficient (Wildman–Crippen LogP) is 1.23. The van der Waals surface area contributed by atoms with Crippen LogP contribution in [0.1, 0.15) is 0 Å². The van der Waals surface area contributed by atoms with Gasteiger partial charge in [-0.1, -0.05) is 0 Å². The molecule has 0 unspecified atom stereocenters. The van der Waals surface area contributed by atoms with Gasteiger partial charge in [0.15, 0.2) is 0 Å². The SMILES string of the molecule is CNc1[c]ccc(O)c1. The first-order valence-corrected chi connectivity index (χ1v) is 2.71. The highest BCUT2D eigenvalue weighted by atomic mass is 16.3. The van der Waals surface area contributed by atoms with Crippen LogP contribution in [0.5, 0.6) is 5.75 Å². The summed E-state index contributed by atoms with van der Waals surface area (Å²) < 4.78 is 0. The Balaban J connectivity index is 2.94. The highest BCUT2D eigenvalue weighted by Crippen LogP contribution is 2.13. The number of benzene rings is 1. The predicted molar refractivity (Wildman–Crippen MR) is 36.5 cm³/mol. The minimum absolute atomic E-state index is 0.262. The van der Waals surface area contributed by atoms with Crippen LogP contribution < -0.4 is 5.32 Å². The molecule has 0 aliphatic carbocycles. The molecule has 0 saturated heterocycles. The summed E-state index contributed by atoms with van der Waals surface area (Å²) in [6, 6.07) is 7.75. The summed E-state index contributed by atoms with van der Waals surface area (Å²) >= 11 is 0. The smallest absolute Gasteiger partial charge is 0.117 e. The van der Waals surface area contributed by atoms with Gasteiger partial charge >= 0.3 is 0 Å². The van der Waals surface area contributed by atoms with Crippen molar-refractivity contribution in [3.63, 3.8) is 0 Å². The molecule has 0 aromatic heterocycles. The second-order valence-corrected chi connectivity index (χ2v) is 1.71. The highest BCUT2D eigenvalue weighted by molar-refractivity contribution is 5.45. The largest absolute Gasteiger partial charge is 0.508 e. The standard InChI is InChI=1S/C7H8NO/c1-8-6-3-2-4-7(9)5-6/h2,4-5,8-9H,1H3. The average Bonchev–Trinajstić information content (AvgIpc) is 1.88. The maximum absolute atomic E-state index is 8.88. The molecule has 0 aliphatic rings. The lowest BCUT2D eigenvalue weighted by molar-refractivity contribution is 0.475. The normalized spacial score (nSPS) is 9.00. The van der Waals surface area contributed by atoms with Crippen molar-refractivity contribution in [2.24, 2.45) is 0 Å². The zero-order valence-corrected chi connectivity index (χ0v) is 5.18. The fraction of sp³-hybridized carbons (Fsp3) is 0.143. The molecule has 0 heterocycles. The first-order valence-electron chi connectivity index (χ1n) is 2.71. The lowest BCUT2D eigenvalue weighted by atomic mass is 10.3. The molecule has 0 bridgehead atoms. The monoisotopic (exact) mass is 122 g/mol. The van der Waals surface area contributed by atoms with E-state index in [-0.39, 0.29) is 5.75 Å². The Hall–Kier alpha value is -1.18. The first-order chi connectivity index (χ1) is 4.33. The lowest BCUT2D eigenvalue weighted by Gasteiger charge is -1.96. The molecule has 0 spiro atoms. The van der Waals surface area contributed by atoms with E-state index in [0.29, 0.717) is 0 Å². The van der Waals surface area contributed by atoms with E-state index in [1.165, 1.54) is 0 Å². The molecule has 0 saturated carbocycles. The van der Waals surface area contributed by atoms with Crippen molar-refractivity contribution >= 4 is 5.69 Å². The van der Waals surface area contributed by atoms with Gasteiger partial charge in [0.2, 0.25) is 0 Å². The molecule has 0 atom stereocenters. The van der Waals surface area contributed by atoms with Gasteiger partial charge in [-0.15, -0.1) is 0 Å². The molecule has 0 aliphatic heterocycles. The second kappa shape index (κ2) is 2.40. The third kappa shape index (κ3) is 1.35. The van der Waals surface area contributed by atoms with Crippen LogP contribution in [-0.2, 0) is 0 Å². The molecule has 0 amide bonds. The Morgan fingerprint density at radius 2 is 2.44 bits per heavy atom. The topological polar surface area (TPSA) is 32.3 Å². The summed E-state index contributed by atoms with van der Waals surface area (Å²) in [4.78, 5) is 0. The summed E-state index contributed by atoms with van der Waals surface area (Å²) in [7, 11) is 1.78. The zero-order chi connectivity index (χ0) is 6.69. The fourth-order valence-electron chi connectivity index (χ4n) is 0.599. The van der Waals surface area contributed by atoms with Gasteiger partial charge in [0.05, 0.1) is 0 Å². The molecule has 2 N–H and O–H groups in total. The third-order valence-electron chi connectivity index (χ3n) is 1.05. The summed E-state index contributed by atoms with van der Waals surface area (Å²) in [5, 5.41) is 11.7. The summed E-state index contributed by atoms with van der Waals surface area (Å²) in [5.74, 6) is 0.262. The Bertz CT molecular complexity index is 198. The summed E-state index contributed by atoms with van der Waals surface area (Å²) in [6.07, 6.45) is 0. The van der Waals surface area contributed by atoms with Gasteiger partial charge in [-0.05, 0) is 12.1 Å². The van der Waals surface area contributed by atoms with Crippen molar-refractivity contribution in [2.75, 3.05) is 12.4 Å². The fourth-order valence-corrected chi connectivity index (χ4v) is 0.599. The van der Waals surface area contributed by atoms with E-state index in [1.54, 1.807) is 25.2 Å². The van der Waals surface area contributed by atoms with Gasteiger partial charge in [-0.3, -0.25) is 0 Å². The van der Waals surface area contributed by atoms with Gasteiger partial charge in [0, 0.05) is 24.9 Å². The number of hydrogen-bond donors (Lipinski definition) is 2. The molecular formula is C7H8NO. The maximum Gasteiger partial charge on any atom is 0.117 e. The van der Waals surface area contributed by atoms with Crippen LogP contribution in [0.15, 0.2) is 18.2 Å². The number of nitrogens with one attached hydrogen (secondary N) is 1. The van der Waals surface area contributed by atoms with Gasteiger partial charge in [0.25, 0.3) is 0 Å². The van der Waals surface area contributed by atoms with Crippen LogP contribution in [0, 0.1) is 6.07 Å². The zero-order valence-electron chi connectivity index (χ0n) is 5.18. The van der Waals surface area contributed by atoms with Gasteiger partial charge in [-0.2, -0.15) is 0 Å². The molecule has 1 aromatic carbocycles. The van der Waals surface area contributed by atoms with Crippen LogP contribution in [0.4, 0.5) is 5.69 Å². The van der Waals surface area contributed by atoms with Gasteiger partial charge in [0.1, 0.15) is 5.75 Å². The summed E-state index contributed by atoms with van der Waals surface area (Å²) in [6.45, 7) is 0. The molecule has 2 heteroatoms. The van der Waals surface area contributed by atoms with Crippen LogP contribution in [0.2, 0.25) is 0 Å². The van der Waals surface area contributed by atoms with E-state index in [4.69, 9.17) is 5.11 Å². The van der Waals surface area contributed by atoms with E-state index in [1.807, 2.05) is 0 Å². The van der Waals surface area contributed by atoms with Crippen molar-refractivity contribution < 1.29 is 5.11 Å². The van der Waals surface area contributed by atoms with Crippen molar-refractivity contribution in [1.82, 2.24) is 0 Å². The van der Waals surface area contributed by atoms with Crippen LogP contribution in [-0.4, -0.2) is 12.2 Å². The summed E-state index contributed by atoms with van der Waals surface area (Å²) in [5.41, 5.74) is 0.801. The van der Waals surface area contributed by atoms with Gasteiger partial charge in [-0.25, -0.2) is 0 Å². The molecule has 47 valence electrons.